The van der Waals surface area contributed by atoms with Gasteiger partial charge in [-0.05, 0) is 12.8 Å². The predicted octanol–water partition coefficient (Wildman–Crippen LogP) is -0.292. The summed E-state index contributed by atoms with van der Waals surface area (Å²) in [6.07, 6.45) is 1.88. The summed E-state index contributed by atoms with van der Waals surface area (Å²) in [7, 11) is 0. The van der Waals surface area contributed by atoms with Crippen LogP contribution in [0.2, 0.25) is 0 Å². The minimum Gasteiger partial charge on any atom is -0.481 e. The van der Waals surface area contributed by atoms with Crippen LogP contribution in [0.1, 0.15) is 26.7 Å². The molecule has 0 saturated heterocycles. The lowest BCUT2D eigenvalue weighted by molar-refractivity contribution is -0.133. The van der Waals surface area contributed by atoms with E-state index in [0.29, 0.717) is 0 Å². The molecule has 0 fully saturated rings. The highest BCUT2D eigenvalue weighted by molar-refractivity contribution is 7.81. The van der Waals surface area contributed by atoms with Crippen LogP contribution in [-0.2, 0) is 4.79 Å². The minimum atomic E-state index is -0.881. The van der Waals surface area contributed by atoms with E-state index in [1.54, 1.807) is 0 Å². The van der Waals surface area contributed by atoms with Gasteiger partial charge >= 0.3 is 5.97 Å². The third-order valence-corrected chi connectivity index (χ3v) is 2.82. The topological polar surface area (TPSA) is 102 Å². The largest absolute Gasteiger partial charge is 0.481 e. The maximum atomic E-state index is 9.29. The van der Waals surface area contributed by atoms with Crippen molar-refractivity contribution in [3.63, 3.8) is 0 Å². The second kappa shape index (κ2) is 15.7. The van der Waals surface area contributed by atoms with Crippen molar-refractivity contribution in [3.8, 4) is 0 Å². The molecule has 0 spiro atoms. The van der Waals surface area contributed by atoms with E-state index in [-0.39, 0.29) is 31.1 Å². The van der Waals surface area contributed by atoms with Crippen LogP contribution in [0.3, 0.4) is 0 Å². The Morgan fingerprint density at radius 2 is 1.37 bits per heavy atom. The van der Waals surface area contributed by atoms with Gasteiger partial charge in [0.25, 0.3) is 0 Å². The Morgan fingerprint density at radius 3 is 1.53 bits per heavy atom. The molecule has 0 aromatic carbocycles. The maximum Gasteiger partial charge on any atom is 0.313 e. The molecular formula is C12H28N2O4S. The first-order chi connectivity index (χ1) is 9.05. The summed E-state index contributed by atoms with van der Waals surface area (Å²) in [6.45, 7) is 6.13. The number of carbonyl (C=O) groups is 1. The maximum absolute atomic E-state index is 9.29. The summed E-state index contributed by atoms with van der Waals surface area (Å²) >= 11 is 3.42. The lowest BCUT2D eigenvalue weighted by atomic mass is 10.2. The molecule has 0 heterocycles. The highest BCUT2D eigenvalue weighted by atomic mass is 32.1. The molecule has 5 N–H and O–H groups in total. The molecule has 0 radical (unpaired) electrons. The fourth-order valence-corrected chi connectivity index (χ4v) is 1.23. The van der Waals surface area contributed by atoms with E-state index in [1.807, 2.05) is 13.8 Å². The molecule has 0 aromatic heterocycles. The van der Waals surface area contributed by atoms with Crippen molar-refractivity contribution in [3.05, 3.63) is 0 Å². The molecule has 0 bridgehead atoms. The van der Waals surface area contributed by atoms with Gasteiger partial charge in [-0.15, -0.1) is 0 Å². The monoisotopic (exact) mass is 296 g/mol. The number of rotatable bonds is 10. The van der Waals surface area contributed by atoms with Gasteiger partial charge in [-0.3, -0.25) is 4.79 Å². The summed E-state index contributed by atoms with van der Waals surface area (Å²) in [5.41, 5.74) is 0. The average molecular weight is 296 g/mol. The number of carboxylic acid groups (broad SMARTS) is 1. The van der Waals surface area contributed by atoms with Gasteiger partial charge in [0, 0.05) is 25.2 Å². The lowest BCUT2D eigenvalue weighted by Crippen LogP contribution is -2.40. The van der Waals surface area contributed by atoms with Crippen molar-refractivity contribution < 1.29 is 20.1 Å². The average Bonchev–Trinajstić information content (AvgIpc) is 2.44. The third-order valence-electron chi connectivity index (χ3n) is 2.55. The molecule has 0 unspecified atom stereocenters. The third kappa shape index (κ3) is 15.6. The fraction of sp³-hybridized carbons (Fsp3) is 0.917. The number of hydrogen-bond acceptors (Lipinski definition) is 6. The van der Waals surface area contributed by atoms with Crippen molar-refractivity contribution in [1.29, 1.82) is 0 Å². The quantitative estimate of drug-likeness (QED) is 0.245. The van der Waals surface area contributed by atoms with Crippen LogP contribution < -0.4 is 10.6 Å². The number of aliphatic hydroxyl groups excluding tert-OH is 2. The van der Waals surface area contributed by atoms with E-state index in [0.717, 1.165) is 25.9 Å². The predicted molar refractivity (Wildman–Crippen MR) is 79.8 cm³/mol. The molecule has 19 heavy (non-hydrogen) atoms. The smallest absolute Gasteiger partial charge is 0.313 e. The molecule has 0 aliphatic heterocycles. The molecule has 6 nitrogen and oxygen atoms in total. The standard InChI is InChI=1S/C10H24N2O2.C2H4O2S/c1-3-9(7-13)11-5-6-12-10(4-2)8-14;3-2(4)1-5/h9-14H,3-8H2,1-2H3;5H,1H2,(H,3,4)/t9-,10-;/m0./s1. The van der Waals surface area contributed by atoms with Crippen LogP contribution in [0.5, 0.6) is 0 Å². The van der Waals surface area contributed by atoms with Crippen LogP contribution >= 0.6 is 12.6 Å². The second-order valence-electron chi connectivity index (χ2n) is 4.04. The van der Waals surface area contributed by atoms with Gasteiger partial charge in [-0.25, -0.2) is 0 Å². The summed E-state index contributed by atoms with van der Waals surface area (Å²) in [5.74, 6) is -0.965. The molecule has 2 atom stereocenters. The van der Waals surface area contributed by atoms with Crippen LogP contribution in [-0.4, -0.2) is 65.4 Å². The summed E-state index contributed by atoms with van der Waals surface area (Å²) < 4.78 is 0. The highest BCUT2D eigenvalue weighted by Gasteiger charge is 2.04. The number of nitrogens with one attached hydrogen (secondary N) is 2. The van der Waals surface area contributed by atoms with Crippen molar-refractivity contribution in [1.82, 2.24) is 10.6 Å². The summed E-state index contributed by atoms with van der Waals surface area (Å²) in [4.78, 5) is 9.29. The zero-order valence-electron chi connectivity index (χ0n) is 11.8. The second-order valence-corrected chi connectivity index (χ2v) is 4.35. The van der Waals surface area contributed by atoms with E-state index in [1.165, 1.54) is 0 Å². The SMILES string of the molecule is CC[C@@H](CO)NCCN[C@@H](CC)CO.O=C(O)CS. The molecular weight excluding hydrogens is 268 g/mol. The normalized spacial score (nSPS) is 13.3. The number of carboxylic acids is 1. The number of aliphatic carboxylic acids is 1. The first-order valence-electron chi connectivity index (χ1n) is 6.56. The van der Waals surface area contributed by atoms with Gasteiger partial charge in [0.2, 0.25) is 0 Å². The number of aliphatic hydroxyl groups is 2. The first-order valence-corrected chi connectivity index (χ1v) is 7.19. The van der Waals surface area contributed by atoms with E-state index >= 15 is 0 Å². The molecule has 0 amide bonds. The summed E-state index contributed by atoms with van der Waals surface area (Å²) in [5, 5.41) is 31.9. The van der Waals surface area contributed by atoms with E-state index in [2.05, 4.69) is 23.3 Å². The fourth-order valence-electron chi connectivity index (χ4n) is 1.23. The molecule has 0 saturated carbocycles. The Labute approximate surface area is 121 Å². The Bertz CT molecular complexity index is 186. The summed E-state index contributed by atoms with van der Waals surface area (Å²) in [6, 6.07) is 0.400. The Balaban J connectivity index is 0. The zero-order chi connectivity index (χ0) is 15.1. The van der Waals surface area contributed by atoms with E-state index in [9.17, 15) is 4.79 Å². The molecule has 0 aliphatic rings. The highest BCUT2D eigenvalue weighted by Crippen LogP contribution is 1.89. The number of thiol groups is 1. The van der Waals surface area contributed by atoms with Crippen molar-refractivity contribution in [2.24, 2.45) is 0 Å². The molecule has 0 aliphatic carbocycles. The van der Waals surface area contributed by atoms with Gasteiger partial charge in [0.15, 0.2) is 0 Å². The van der Waals surface area contributed by atoms with Crippen LogP contribution in [0, 0.1) is 0 Å². The first kappa shape index (κ1) is 21.0. The van der Waals surface area contributed by atoms with Crippen LogP contribution in [0.15, 0.2) is 0 Å². The van der Waals surface area contributed by atoms with Gasteiger partial charge in [0.1, 0.15) is 0 Å². The Morgan fingerprint density at radius 1 is 1.05 bits per heavy atom. The van der Waals surface area contributed by atoms with Gasteiger partial charge in [0.05, 0.1) is 19.0 Å². The van der Waals surface area contributed by atoms with Gasteiger partial charge in [-0.1, -0.05) is 13.8 Å². The Kier molecular flexibility index (Phi) is 17.3. The van der Waals surface area contributed by atoms with Gasteiger partial charge in [-0.2, -0.15) is 12.6 Å². The van der Waals surface area contributed by atoms with Gasteiger partial charge < -0.3 is 26.0 Å². The van der Waals surface area contributed by atoms with Crippen LogP contribution in [0.25, 0.3) is 0 Å². The van der Waals surface area contributed by atoms with E-state index < -0.39 is 5.97 Å². The molecule has 116 valence electrons. The lowest BCUT2D eigenvalue weighted by Gasteiger charge is -2.17. The van der Waals surface area contributed by atoms with Crippen molar-refractivity contribution in [2.75, 3.05) is 32.1 Å². The number of hydrogen-bond donors (Lipinski definition) is 6. The van der Waals surface area contributed by atoms with Crippen LogP contribution in [0.4, 0.5) is 0 Å². The zero-order valence-corrected chi connectivity index (χ0v) is 12.7. The molecule has 0 aromatic rings. The van der Waals surface area contributed by atoms with Crippen molar-refractivity contribution >= 4 is 18.6 Å². The minimum absolute atomic E-state index is 0.0833. The Hall–Kier alpha value is -0.340. The molecule has 7 heteroatoms. The van der Waals surface area contributed by atoms with E-state index in [4.69, 9.17) is 15.3 Å². The van der Waals surface area contributed by atoms with Crippen molar-refractivity contribution in [2.45, 2.75) is 38.8 Å². The molecule has 0 rings (SSSR count).